The van der Waals surface area contributed by atoms with E-state index < -0.39 is 5.97 Å². The average molecular weight is 220 g/mol. The lowest BCUT2D eigenvalue weighted by Crippen LogP contribution is -2.03. The summed E-state index contributed by atoms with van der Waals surface area (Å²) >= 11 is 0. The number of carboxylic acids is 1. The van der Waals surface area contributed by atoms with E-state index in [2.05, 4.69) is 9.83 Å². The Labute approximate surface area is 93.5 Å². The van der Waals surface area contributed by atoms with Gasteiger partial charge >= 0.3 is 5.97 Å². The number of hydrogen-bond donors (Lipinski definition) is 1. The summed E-state index contributed by atoms with van der Waals surface area (Å²) < 4.78 is 4.89. The number of aryl methyl sites for hydroxylation is 1. The van der Waals surface area contributed by atoms with Crippen LogP contribution in [0.2, 0.25) is 0 Å². The predicted molar refractivity (Wildman–Crippen MR) is 57.7 cm³/mol. The van der Waals surface area contributed by atoms with Crippen molar-refractivity contribution in [1.29, 1.82) is 0 Å². The third-order valence-corrected chi connectivity index (χ3v) is 2.05. The Morgan fingerprint density at radius 1 is 1.62 bits per heavy atom. The molecule has 1 aromatic heterocycles. The first-order valence-corrected chi connectivity index (χ1v) is 4.78. The maximum Gasteiger partial charge on any atom is 0.354 e. The first-order valence-electron chi connectivity index (χ1n) is 4.78. The molecule has 0 bridgehead atoms. The molecule has 0 aromatic carbocycles. The van der Waals surface area contributed by atoms with Gasteiger partial charge in [-0.2, -0.15) is 0 Å². The molecule has 0 radical (unpaired) electrons. The highest BCUT2D eigenvalue weighted by Crippen LogP contribution is 2.19. The van der Waals surface area contributed by atoms with Crippen LogP contribution in [-0.4, -0.2) is 29.8 Å². The van der Waals surface area contributed by atoms with Crippen molar-refractivity contribution in [3.8, 4) is 0 Å². The summed E-state index contributed by atoms with van der Waals surface area (Å²) in [5.74, 6) is -1.08. The summed E-state index contributed by atoms with van der Waals surface area (Å²) in [6, 6.07) is 2.83. The first-order chi connectivity index (χ1) is 7.69. The van der Waals surface area contributed by atoms with Crippen LogP contribution in [0, 0.1) is 6.57 Å². The molecule has 0 aliphatic rings. The second-order valence-corrected chi connectivity index (χ2v) is 3.18. The molecule has 1 heterocycles. The number of methoxy groups -OCH3 is 1. The molecule has 0 fully saturated rings. The summed E-state index contributed by atoms with van der Waals surface area (Å²) in [6.07, 6.45) is 1.27. The number of ether oxygens (including phenoxy) is 1. The SMILES string of the molecule is [C-]#[N+]c1ccc(C(=O)O)nc1CCCOC. The molecular formula is C11H12N2O3. The number of hydrogen-bond acceptors (Lipinski definition) is 3. The molecule has 0 atom stereocenters. The minimum Gasteiger partial charge on any atom is -0.477 e. The van der Waals surface area contributed by atoms with Gasteiger partial charge in [0.1, 0.15) is 5.69 Å². The molecule has 16 heavy (non-hydrogen) atoms. The summed E-state index contributed by atoms with van der Waals surface area (Å²) in [5.41, 5.74) is 0.896. The van der Waals surface area contributed by atoms with Crippen molar-refractivity contribution in [3.05, 3.63) is 34.9 Å². The summed E-state index contributed by atoms with van der Waals surface area (Å²) in [6.45, 7) is 7.51. The topological polar surface area (TPSA) is 63.8 Å². The van der Waals surface area contributed by atoms with Crippen molar-refractivity contribution in [2.45, 2.75) is 12.8 Å². The van der Waals surface area contributed by atoms with E-state index in [9.17, 15) is 4.79 Å². The van der Waals surface area contributed by atoms with Crippen LogP contribution in [0.5, 0.6) is 0 Å². The Balaban J connectivity index is 2.90. The molecule has 5 nitrogen and oxygen atoms in total. The minimum absolute atomic E-state index is 0.0279. The number of rotatable bonds is 5. The van der Waals surface area contributed by atoms with E-state index in [1.807, 2.05) is 0 Å². The van der Waals surface area contributed by atoms with Crippen molar-refractivity contribution < 1.29 is 14.6 Å². The lowest BCUT2D eigenvalue weighted by atomic mass is 10.2. The summed E-state index contributed by atoms with van der Waals surface area (Å²) in [5, 5.41) is 8.78. The normalized spacial score (nSPS) is 9.75. The van der Waals surface area contributed by atoms with E-state index in [1.54, 1.807) is 7.11 Å². The van der Waals surface area contributed by atoms with Gasteiger partial charge in [-0.1, -0.05) is 6.07 Å². The van der Waals surface area contributed by atoms with Crippen LogP contribution in [0.4, 0.5) is 5.69 Å². The summed E-state index contributed by atoms with van der Waals surface area (Å²) in [4.78, 5) is 18.0. The maximum absolute atomic E-state index is 10.7. The monoisotopic (exact) mass is 220 g/mol. The van der Waals surface area contributed by atoms with Gasteiger partial charge in [0, 0.05) is 19.4 Å². The van der Waals surface area contributed by atoms with Crippen molar-refractivity contribution in [3.63, 3.8) is 0 Å². The number of aromatic carboxylic acids is 1. The predicted octanol–water partition coefficient (Wildman–Crippen LogP) is 1.91. The third kappa shape index (κ3) is 3.04. The molecule has 84 valence electrons. The van der Waals surface area contributed by atoms with E-state index in [0.29, 0.717) is 24.4 Å². The van der Waals surface area contributed by atoms with Gasteiger partial charge in [-0.05, 0) is 18.9 Å². The molecule has 0 amide bonds. The van der Waals surface area contributed by atoms with Gasteiger partial charge < -0.3 is 9.84 Å². The third-order valence-electron chi connectivity index (χ3n) is 2.05. The van der Waals surface area contributed by atoms with Gasteiger partial charge in [0.05, 0.1) is 6.57 Å². The highest BCUT2D eigenvalue weighted by atomic mass is 16.5. The molecule has 5 heteroatoms. The van der Waals surface area contributed by atoms with Crippen molar-refractivity contribution in [2.75, 3.05) is 13.7 Å². The highest BCUT2D eigenvalue weighted by Gasteiger charge is 2.09. The fourth-order valence-electron chi connectivity index (χ4n) is 1.28. The molecule has 0 spiro atoms. The Bertz CT molecular complexity index is 424. The van der Waals surface area contributed by atoms with Gasteiger partial charge in [0.2, 0.25) is 5.69 Å². The van der Waals surface area contributed by atoms with Crippen LogP contribution < -0.4 is 0 Å². The Morgan fingerprint density at radius 2 is 2.38 bits per heavy atom. The van der Waals surface area contributed by atoms with Gasteiger partial charge in [-0.15, -0.1) is 0 Å². The standard InChI is InChI=1S/C11H12N2O3/c1-12-8-5-6-10(11(14)15)13-9(8)4-3-7-16-2/h5-6H,3-4,7H2,2H3,(H,14,15). The fourth-order valence-corrected chi connectivity index (χ4v) is 1.28. The molecule has 0 aliphatic carbocycles. The van der Waals surface area contributed by atoms with Crippen LogP contribution in [0.15, 0.2) is 12.1 Å². The molecular weight excluding hydrogens is 208 g/mol. The van der Waals surface area contributed by atoms with E-state index in [0.717, 1.165) is 6.42 Å². The van der Waals surface area contributed by atoms with Crippen LogP contribution in [0.1, 0.15) is 22.6 Å². The second-order valence-electron chi connectivity index (χ2n) is 3.18. The van der Waals surface area contributed by atoms with Crippen molar-refractivity contribution in [2.24, 2.45) is 0 Å². The highest BCUT2D eigenvalue weighted by molar-refractivity contribution is 5.85. The number of pyridine rings is 1. The minimum atomic E-state index is -1.08. The van der Waals surface area contributed by atoms with Crippen LogP contribution in [0.25, 0.3) is 4.85 Å². The van der Waals surface area contributed by atoms with Gasteiger partial charge in [-0.25, -0.2) is 9.64 Å². The number of carboxylic acid groups (broad SMARTS) is 1. The maximum atomic E-state index is 10.7. The Hall–Kier alpha value is -1.93. The quantitative estimate of drug-likeness (QED) is 0.608. The fraction of sp³-hybridized carbons (Fsp3) is 0.364. The van der Waals surface area contributed by atoms with Gasteiger partial charge in [0.25, 0.3) is 0 Å². The molecule has 1 aromatic rings. The summed E-state index contributed by atoms with van der Waals surface area (Å²) in [7, 11) is 1.59. The van der Waals surface area contributed by atoms with Crippen molar-refractivity contribution >= 4 is 11.7 Å². The van der Waals surface area contributed by atoms with Gasteiger partial charge in [0.15, 0.2) is 0 Å². The zero-order chi connectivity index (χ0) is 12.0. The second kappa shape index (κ2) is 5.83. The smallest absolute Gasteiger partial charge is 0.354 e. The van der Waals surface area contributed by atoms with E-state index >= 15 is 0 Å². The van der Waals surface area contributed by atoms with Gasteiger partial charge in [-0.3, -0.25) is 4.98 Å². The lowest BCUT2D eigenvalue weighted by Gasteiger charge is -2.04. The molecule has 1 rings (SSSR count). The molecule has 0 unspecified atom stereocenters. The van der Waals surface area contributed by atoms with Crippen LogP contribution in [0.3, 0.4) is 0 Å². The molecule has 1 N–H and O–H groups in total. The lowest BCUT2D eigenvalue weighted by molar-refractivity contribution is 0.0690. The van der Waals surface area contributed by atoms with E-state index in [1.165, 1.54) is 12.1 Å². The Morgan fingerprint density at radius 3 is 2.94 bits per heavy atom. The Kier molecular flexibility index (Phi) is 4.42. The van der Waals surface area contributed by atoms with Crippen LogP contribution >= 0.6 is 0 Å². The molecule has 0 saturated heterocycles. The average Bonchev–Trinajstić information content (AvgIpc) is 2.29. The van der Waals surface area contributed by atoms with E-state index in [4.69, 9.17) is 16.4 Å². The number of carbonyl (C=O) groups is 1. The number of aromatic nitrogens is 1. The van der Waals surface area contributed by atoms with Crippen molar-refractivity contribution in [1.82, 2.24) is 4.98 Å². The number of nitrogens with zero attached hydrogens (tertiary/aromatic N) is 2. The molecule has 0 aliphatic heterocycles. The largest absolute Gasteiger partial charge is 0.477 e. The zero-order valence-corrected chi connectivity index (χ0v) is 8.93. The van der Waals surface area contributed by atoms with E-state index in [-0.39, 0.29) is 5.69 Å². The molecule has 0 saturated carbocycles. The van der Waals surface area contributed by atoms with Crippen LogP contribution in [-0.2, 0) is 11.2 Å². The zero-order valence-electron chi connectivity index (χ0n) is 8.93. The first kappa shape index (κ1) is 12.1.